The minimum atomic E-state index is -1.38. The molecule has 0 radical (unpaired) electrons. The van der Waals surface area contributed by atoms with Crippen molar-refractivity contribution in [2.24, 2.45) is 5.92 Å². The molecule has 2 amide bonds. The van der Waals surface area contributed by atoms with Crippen LogP contribution in [0.1, 0.15) is 57.1 Å². The van der Waals surface area contributed by atoms with Crippen LogP contribution in [0.3, 0.4) is 0 Å². The second kappa shape index (κ2) is 14.5. The van der Waals surface area contributed by atoms with E-state index in [0.717, 1.165) is 5.56 Å². The molecule has 4 rings (SSSR count). The molecule has 10 nitrogen and oxygen atoms in total. The van der Waals surface area contributed by atoms with E-state index in [2.05, 4.69) is 0 Å². The van der Waals surface area contributed by atoms with Gasteiger partial charge in [0.2, 0.25) is 5.91 Å². The first-order chi connectivity index (χ1) is 21.1. The largest absolute Gasteiger partial charge is 0.469 e. The molecular weight excluding hydrogens is 571 g/mol. The van der Waals surface area contributed by atoms with Gasteiger partial charge in [0.05, 0.1) is 7.11 Å². The van der Waals surface area contributed by atoms with Gasteiger partial charge in [0.25, 0.3) is 0 Å². The van der Waals surface area contributed by atoms with E-state index >= 15 is 0 Å². The molecule has 4 atom stereocenters. The molecule has 2 aromatic rings. The smallest absolute Gasteiger partial charge is 0.410 e. The number of carbonyl (C=O) groups excluding carboxylic acids is 5. The van der Waals surface area contributed by atoms with Crippen molar-refractivity contribution in [2.75, 3.05) is 20.2 Å². The number of hydrogen-bond donors (Lipinski definition) is 0. The van der Waals surface area contributed by atoms with E-state index in [4.69, 9.17) is 14.2 Å². The SMILES string of the molecule is COC(=O)[C@@H](CC(=O)C1(Cc2ccc(F)cc2)CCCN1C(=O)[C@@H]1CCCN1C(=O)OCc1ccccc1)[C@@H](C)OC(C)=O. The van der Waals surface area contributed by atoms with Crippen LogP contribution in [0.2, 0.25) is 0 Å². The zero-order valence-corrected chi connectivity index (χ0v) is 25.3. The minimum Gasteiger partial charge on any atom is -0.469 e. The Morgan fingerprint density at radius 2 is 1.68 bits per heavy atom. The molecule has 2 aliphatic heterocycles. The van der Waals surface area contributed by atoms with Crippen LogP contribution in [0, 0.1) is 11.7 Å². The fourth-order valence-electron chi connectivity index (χ4n) is 6.26. The van der Waals surface area contributed by atoms with Crippen LogP contribution in [0.15, 0.2) is 54.6 Å². The molecular formula is C33H39FN2O8. The van der Waals surface area contributed by atoms with Crippen molar-refractivity contribution >= 4 is 29.7 Å². The third-order valence-electron chi connectivity index (χ3n) is 8.49. The fraction of sp³-hybridized carbons (Fsp3) is 0.485. The van der Waals surface area contributed by atoms with E-state index in [1.807, 2.05) is 30.3 Å². The van der Waals surface area contributed by atoms with Gasteiger partial charge in [-0.3, -0.25) is 24.1 Å². The molecule has 0 spiro atoms. The summed E-state index contributed by atoms with van der Waals surface area (Å²) in [6, 6.07) is 14.1. The number of rotatable bonds is 11. The molecule has 2 saturated heterocycles. The number of amides is 2. The summed E-state index contributed by atoms with van der Waals surface area (Å²) in [5.74, 6) is -3.66. The number of methoxy groups -OCH3 is 1. The fourth-order valence-corrected chi connectivity index (χ4v) is 6.26. The molecule has 44 heavy (non-hydrogen) atoms. The Hall–Kier alpha value is -4.28. The number of halogens is 1. The van der Waals surface area contributed by atoms with Gasteiger partial charge < -0.3 is 19.1 Å². The molecule has 2 aliphatic rings. The number of benzene rings is 2. The third-order valence-corrected chi connectivity index (χ3v) is 8.49. The highest BCUT2D eigenvalue weighted by Gasteiger charge is 2.53. The lowest BCUT2D eigenvalue weighted by Crippen LogP contribution is -2.59. The summed E-state index contributed by atoms with van der Waals surface area (Å²) in [4.78, 5) is 69.1. The Morgan fingerprint density at radius 3 is 2.34 bits per heavy atom. The van der Waals surface area contributed by atoms with Crippen molar-refractivity contribution < 1.29 is 42.6 Å². The predicted molar refractivity (Wildman–Crippen MR) is 156 cm³/mol. The summed E-state index contributed by atoms with van der Waals surface area (Å²) in [6.07, 6.45) is -0.0262. The number of esters is 2. The van der Waals surface area contributed by atoms with Crippen LogP contribution in [-0.4, -0.2) is 77.4 Å². The first-order valence-electron chi connectivity index (χ1n) is 14.9. The van der Waals surface area contributed by atoms with Crippen LogP contribution in [0.25, 0.3) is 0 Å². The van der Waals surface area contributed by atoms with Gasteiger partial charge in [0.15, 0.2) is 5.78 Å². The first kappa shape index (κ1) is 32.6. The average Bonchev–Trinajstić information content (AvgIpc) is 3.68. The zero-order valence-electron chi connectivity index (χ0n) is 25.3. The number of nitrogens with zero attached hydrogens (tertiary/aromatic N) is 2. The lowest BCUT2D eigenvalue weighted by Gasteiger charge is -2.40. The lowest BCUT2D eigenvalue weighted by molar-refractivity contribution is -0.161. The molecule has 11 heteroatoms. The second-order valence-electron chi connectivity index (χ2n) is 11.4. The maximum Gasteiger partial charge on any atom is 0.410 e. The van der Waals surface area contributed by atoms with Gasteiger partial charge in [-0.2, -0.15) is 0 Å². The van der Waals surface area contributed by atoms with E-state index in [0.29, 0.717) is 37.8 Å². The van der Waals surface area contributed by atoms with Crippen LogP contribution in [0.4, 0.5) is 9.18 Å². The number of ether oxygens (including phenoxy) is 3. The van der Waals surface area contributed by atoms with E-state index in [1.165, 1.54) is 42.9 Å². The van der Waals surface area contributed by atoms with Gasteiger partial charge in [0, 0.05) is 32.9 Å². The number of carbonyl (C=O) groups is 5. The predicted octanol–water partition coefficient (Wildman–Crippen LogP) is 4.23. The van der Waals surface area contributed by atoms with E-state index in [1.54, 1.807) is 12.1 Å². The second-order valence-corrected chi connectivity index (χ2v) is 11.4. The van der Waals surface area contributed by atoms with Gasteiger partial charge in [-0.15, -0.1) is 0 Å². The molecule has 0 aliphatic carbocycles. The first-order valence-corrected chi connectivity index (χ1v) is 14.9. The molecule has 2 heterocycles. The summed E-state index contributed by atoms with van der Waals surface area (Å²) in [7, 11) is 1.19. The van der Waals surface area contributed by atoms with Gasteiger partial charge in [0.1, 0.15) is 36.0 Å². The Morgan fingerprint density at radius 1 is 0.977 bits per heavy atom. The Kier molecular flexibility index (Phi) is 10.7. The molecule has 236 valence electrons. The van der Waals surface area contributed by atoms with Gasteiger partial charge in [-0.1, -0.05) is 42.5 Å². The molecule has 0 bridgehead atoms. The van der Waals surface area contributed by atoms with Gasteiger partial charge in [-0.05, 0) is 55.9 Å². The van der Waals surface area contributed by atoms with E-state index < -0.39 is 53.2 Å². The van der Waals surface area contributed by atoms with Crippen molar-refractivity contribution in [1.29, 1.82) is 0 Å². The monoisotopic (exact) mass is 610 g/mol. The summed E-state index contributed by atoms with van der Waals surface area (Å²) >= 11 is 0. The average molecular weight is 611 g/mol. The zero-order chi connectivity index (χ0) is 31.9. The Bertz CT molecular complexity index is 1350. The quantitative estimate of drug-likeness (QED) is 0.274. The van der Waals surface area contributed by atoms with Crippen LogP contribution < -0.4 is 0 Å². The molecule has 1 unspecified atom stereocenters. The number of Topliss-reactive ketones (excluding diaryl/α,β-unsaturated/α-hetero) is 1. The molecule has 2 fully saturated rings. The maximum atomic E-state index is 14.3. The number of hydrogen-bond acceptors (Lipinski definition) is 8. The summed E-state index contributed by atoms with van der Waals surface area (Å²) in [5.41, 5.74) is 0.0708. The molecule has 0 N–H and O–H groups in total. The topological polar surface area (TPSA) is 120 Å². The molecule has 0 aromatic heterocycles. The van der Waals surface area contributed by atoms with Crippen molar-refractivity contribution in [3.63, 3.8) is 0 Å². The molecule has 0 saturated carbocycles. The van der Waals surface area contributed by atoms with E-state index in [9.17, 15) is 28.4 Å². The van der Waals surface area contributed by atoms with Crippen molar-refractivity contribution in [3.05, 3.63) is 71.5 Å². The normalized spacial score (nSPS) is 21.0. The third kappa shape index (κ3) is 7.43. The van der Waals surface area contributed by atoms with Crippen LogP contribution >= 0.6 is 0 Å². The van der Waals surface area contributed by atoms with E-state index in [-0.39, 0.29) is 31.9 Å². The van der Waals surface area contributed by atoms with Gasteiger partial charge in [-0.25, -0.2) is 9.18 Å². The summed E-state index contributed by atoms with van der Waals surface area (Å²) < 4.78 is 29.5. The number of likely N-dealkylation sites (tertiary alicyclic amines) is 2. The van der Waals surface area contributed by atoms with Crippen molar-refractivity contribution in [3.8, 4) is 0 Å². The van der Waals surface area contributed by atoms with Crippen molar-refractivity contribution in [2.45, 2.75) is 76.7 Å². The Balaban J connectivity index is 1.62. The summed E-state index contributed by atoms with van der Waals surface area (Å²) in [5, 5.41) is 0. The lowest BCUT2D eigenvalue weighted by atomic mass is 9.79. The van der Waals surface area contributed by atoms with Crippen molar-refractivity contribution in [1.82, 2.24) is 9.80 Å². The van der Waals surface area contributed by atoms with Gasteiger partial charge >= 0.3 is 18.0 Å². The minimum absolute atomic E-state index is 0.0588. The Labute approximate surface area is 256 Å². The standard InChI is InChI=1S/C33H39FN2O8/c1-22(44-23(2)37)27(31(40)42-3)19-29(38)33(20-24-12-14-26(34)15-13-24)16-8-18-36(33)30(39)28-11-7-17-35(28)32(41)43-21-25-9-5-4-6-10-25/h4-6,9-10,12-15,22,27-28H,7-8,11,16-21H2,1-3H3/t22-,27+,28+,33?/m1/s1. The maximum absolute atomic E-state index is 14.3. The highest BCUT2D eigenvalue weighted by molar-refractivity contribution is 5.97. The molecule has 2 aromatic carbocycles. The summed E-state index contributed by atoms with van der Waals surface area (Å²) in [6.45, 7) is 3.37. The highest BCUT2D eigenvalue weighted by Crippen LogP contribution is 2.38. The highest BCUT2D eigenvalue weighted by atomic mass is 19.1. The number of ketones is 1. The van der Waals surface area contributed by atoms with Crippen LogP contribution in [0.5, 0.6) is 0 Å². The van der Waals surface area contributed by atoms with Crippen LogP contribution in [-0.2, 0) is 46.4 Å².